The largest absolute Gasteiger partial charge is 0.504 e. The summed E-state index contributed by atoms with van der Waals surface area (Å²) in [6, 6.07) is 22.3. The second-order valence-corrected chi connectivity index (χ2v) is 10.3. The van der Waals surface area contributed by atoms with Crippen LogP contribution < -0.4 is 10.1 Å². The number of allylic oxidation sites excluding steroid dienone is 3. The zero-order valence-corrected chi connectivity index (χ0v) is 22.6. The number of nitrogens with one attached hydrogen (secondary N) is 1. The molecule has 0 saturated carbocycles. The molecule has 6 nitrogen and oxygen atoms in total. The lowest BCUT2D eigenvalue weighted by Gasteiger charge is -2.36. The summed E-state index contributed by atoms with van der Waals surface area (Å²) in [5, 5.41) is 14.2. The minimum atomic E-state index is -0.654. The van der Waals surface area contributed by atoms with Crippen LogP contribution in [0.4, 0.5) is 0 Å². The molecule has 39 heavy (non-hydrogen) atoms. The van der Waals surface area contributed by atoms with E-state index < -0.39 is 11.9 Å². The van der Waals surface area contributed by atoms with Crippen LogP contribution in [0.2, 0.25) is 5.02 Å². The number of carbonyl (C=O) groups excluding carboxylic acids is 2. The number of methoxy groups -OCH3 is 1. The fourth-order valence-corrected chi connectivity index (χ4v) is 5.60. The Morgan fingerprint density at radius 3 is 2.46 bits per heavy atom. The number of hydrogen-bond donors (Lipinski definition) is 2. The predicted molar refractivity (Wildman–Crippen MR) is 150 cm³/mol. The van der Waals surface area contributed by atoms with Crippen LogP contribution in [0.5, 0.6) is 11.5 Å². The molecule has 3 aromatic carbocycles. The third-order valence-electron chi connectivity index (χ3n) is 7.39. The third-order valence-corrected chi connectivity index (χ3v) is 7.64. The molecule has 0 aromatic heterocycles. The Kier molecular flexibility index (Phi) is 7.75. The van der Waals surface area contributed by atoms with Gasteiger partial charge in [0.25, 0.3) is 0 Å². The smallest absolute Gasteiger partial charge is 0.336 e. The monoisotopic (exact) mass is 543 g/mol. The second-order valence-electron chi connectivity index (χ2n) is 9.87. The van der Waals surface area contributed by atoms with E-state index >= 15 is 0 Å². The molecule has 5 rings (SSSR count). The maximum Gasteiger partial charge on any atom is 0.336 e. The number of halogens is 1. The summed E-state index contributed by atoms with van der Waals surface area (Å²) in [4.78, 5) is 27.3. The first kappa shape index (κ1) is 26.6. The van der Waals surface area contributed by atoms with Crippen LogP contribution in [0, 0.1) is 0 Å². The van der Waals surface area contributed by atoms with Crippen LogP contribution in [-0.2, 0) is 20.7 Å². The first-order valence-corrected chi connectivity index (χ1v) is 13.3. The molecule has 0 bridgehead atoms. The van der Waals surface area contributed by atoms with Crippen LogP contribution >= 0.6 is 11.6 Å². The van der Waals surface area contributed by atoms with E-state index in [0.717, 1.165) is 16.8 Å². The molecule has 1 aliphatic heterocycles. The van der Waals surface area contributed by atoms with Gasteiger partial charge >= 0.3 is 5.97 Å². The molecule has 0 unspecified atom stereocenters. The summed E-state index contributed by atoms with van der Waals surface area (Å²) in [6.45, 7) is 2.04. The SMILES string of the molecule is COc1cc([C@H]2C(C(=O)OCCc3ccccc3)=C(C)NC3=C2C(=O)C[C@H](c2ccc(Cl)cc2)C3)ccc1O. The van der Waals surface area contributed by atoms with Crippen molar-refractivity contribution in [3.63, 3.8) is 0 Å². The molecule has 0 radical (unpaired) electrons. The highest BCUT2D eigenvalue weighted by Gasteiger charge is 2.41. The van der Waals surface area contributed by atoms with E-state index in [1.165, 1.54) is 13.2 Å². The van der Waals surface area contributed by atoms with Gasteiger partial charge in [-0.15, -0.1) is 0 Å². The number of hydrogen-bond acceptors (Lipinski definition) is 6. The Labute approximate surface area is 232 Å². The van der Waals surface area contributed by atoms with Gasteiger partial charge in [0.05, 0.1) is 19.3 Å². The second kappa shape index (κ2) is 11.4. The lowest BCUT2D eigenvalue weighted by atomic mass is 9.71. The van der Waals surface area contributed by atoms with Crippen LogP contribution in [0.1, 0.15) is 48.3 Å². The number of dihydropyridines is 1. The zero-order valence-electron chi connectivity index (χ0n) is 21.9. The molecule has 1 heterocycles. The van der Waals surface area contributed by atoms with E-state index in [1.54, 1.807) is 12.1 Å². The van der Waals surface area contributed by atoms with Crippen LogP contribution in [0.25, 0.3) is 0 Å². The van der Waals surface area contributed by atoms with Crippen molar-refractivity contribution in [2.75, 3.05) is 13.7 Å². The molecular formula is C32H30ClNO5. The van der Waals surface area contributed by atoms with Crippen molar-refractivity contribution in [2.45, 2.75) is 38.0 Å². The summed E-state index contributed by atoms with van der Waals surface area (Å²) in [6.07, 6.45) is 1.50. The number of esters is 1. The van der Waals surface area contributed by atoms with Gasteiger partial charge in [0.1, 0.15) is 0 Å². The Morgan fingerprint density at radius 1 is 1.03 bits per heavy atom. The summed E-state index contributed by atoms with van der Waals surface area (Å²) in [5.74, 6) is -0.934. The quantitative estimate of drug-likeness (QED) is 0.345. The molecule has 200 valence electrons. The van der Waals surface area contributed by atoms with Gasteiger partial charge in [0.2, 0.25) is 0 Å². The maximum absolute atomic E-state index is 13.8. The third kappa shape index (κ3) is 5.57. The van der Waals surface area contributed by atoms with Crippen molar-refractivity contribution >= 4 is 23.4 Å². The molecule has 2 aliphatic rings. The van der Waals surface area contributed by atoms with E-state index in [4.69, 9.17) is 21.1 Å². The maximum atomic E-state index is 13.8. The highest BCUT2D eigenvalue weighted by molar-refractivity contribution is 6.30. The summed E-state index contributed by atoms with van der Waals surface area (Å²) < 4.78 is 11.1. The van der Waals surface area contributed by atoms with Gasteiger partial charge in [-0.05, 0) is 60.2 Å². The van der Waals surface area contributed by atoms with Crippen LogP contribution in [-0.4, -0.2) is 30.6 Å². The number of benzene rings is 3. The van der Waals surface area contributed by atoms with Crippen molar-refractivity contribution in [1.29, 1.82) is 0 Å². The predicted octanol–water partition coefficient (Wildman–Crippen LogP) is 6.20. The van der Waals surface area contributed by atoms with Crippen LogP contribution in [0.3, 0.4) is 0 Å². The van der Waals surface area contributed by atoms with Gasteiger partial charge in [-0.25, -0.2) is 4.79 Å². The zero-order chi connectivity index (χ0) is 27.5. The van der Waals surface area contributed by atoms with E-state index in [9.17, 15) is 14.7 Å². The van der Waals surface area contributed by atoms with Crippen molar-refractivity contribution in [1.82, 2.24) is 5.32 Å². The summed E-state index contributed by atoms with van der Waals surface area (Å²) in [5.41, 5.74) is 5.14. The minimum Gasteiger partial charge on any atom is -0.504 e. The van der Waals surface area contributed by atoms with Gasteiger partial charge in [-0.2, -0.15) is 0 Å². The molecular weight excluding hydrogens is 514 g/mol. The number of ether oxygens (including phenoxy) is 2. The molecule has 0 saturated heterocycles. The van der Waals surface area contributed by atoms with Crippen molar-refractivity contribution in [3.05, 3.63) is 117 Å². The van der Waals surface area contributed by atoms with Gasteiger partial charge < -0.3 is 19.9 Å². The number of aromatic hydroxyl groups is 1. The van der Waals surface area contributed by atoms with Crippen molar-refractivity contribution in [3.8, 4) is 11.5 Å². The molecule has 2 atom stereocenters. The minimum absolute atomic E-state index is 0.0109. The lowest BCUT2D eigenvalue weighted by Crippen LogP contribution is -2.36. The first-order valence-electron chi connectivity index (χ1n) is 12.9. The number of phenols is 1. The van der Waals surface area contributed by atoms with E-state index in [0.29, 0.717) is 46.7 Å². The molecule has 2 N–H and O–H groups in total. The molecule has 1 aliphatic carbocycles. The lowest BCUT2D eigenvalue weighted by molar-refractivity contribution is -0.139. The Balaban J connectivity index is 1.49. The standard InChI is InChI=1S/C32H30ClNO5/c1-19-29(32(37)39-15-14-20-6-4-3-5-7-20)30(22-10-13-26(35)28(18-22)38-2)31-25(34-19)16-23(17-27(31)36)21-8-11-24(33)12-9-21/h3-13,18,23,30,34-35H,14-17H2,1-2H3/t23-,30+/m1/s1. The Bertz CT molecular complexity index is 1460. The molecule has 0 fully saturated rings. The highest BCUT2D eigenvalue weighted by atomic mass is 35.5. The summed E-state index contributed by atoms with van der Waals surface area (Å²) in [7, 11) is 1.47. The topological polar surface area (TPSA) is 84.9 Å². The number of phenolic OH excluding ortho intramolecular Hbond substituents is 1. The van der Waals surface area contributed by atoms with Gasteiger partial charge in [-0.1, -0.05) is 60.1 Å². The fourth-order valence-electron chi connectivity index (χ4n) is 5.47. The fraction of sp³-hybridized carbons (Fsp3) is 0.250. The average molecular weight is 544 g/mol. The Morgan fingerprint density at radius 2 is 1.74 bits per heavy atom. The summed E-state index contributed by atoms with van der Waals surface area (Å²) >= 11 is 6.08. The van der Waals surface area contributed by atoms with Gasteiger partial charge in [0, 0.05) is 40.7 Å². The van der Waals surface area contributed by atoms with Crippen molar-refractivity contribution < 1.29 is 24.2 Å². The number of ketones is 1. The first-order chi connectivity index (χ1) is 18.9. The molecule has 7 heteroatoms. The van der Waals surface area contributed by atoms with Gasteiger partial charge in [-0.3, -0.25) is 4.79 Å². The normalized spacial score (nSPS) is 18.9. The van der Waals surface area contributed by atoms with E-state index in [1.807, 2.05) is 61.5 Å². The average Bonchev–Trinajstić information content (AvgIpc) is 2.93. The number of rotatable bonds is 7. The highest BCUT2D eigenvalue weighted by Crippen LogP contribution is 2.47. The van der Waals surface area contributed by atoms with E-state index in [-0.39, 0.29) is 29.8 Å². The van der Waals surface area contributed by atoms with Crippen LogP contribution in [0.15, 0.2) is 95.3 Å². The van der Waals surface area contributed by atoms with E-state index in [2.05, 4.69) is 5.32 Å². The van der Waals surface area contributed by atoms with Crippen molar-refractivity contribution in [2.24, 2.45) is 0 Å². The number of carbonyl (C=O) groups is 2. The van der Waals surface area contributed by atoms with Gasteiger partial charge in [0.15, 0.2) is 17.3 Å². The molecule has 0 spiro atoms. The Hall–Kier alpha value is -4.03. The number of Topliss-reactive ketones (excluding diaryl/α,β-unsaturated/α-hetero) is 1. The molecule has 3 aromatic rings. The molecule has 0 amide bonds.